The number of imide groups is 1. The van der Waals surface area contributed by atoms with Crippen LogP contribution in [-0.2, 0) is 27.1 Å². The van der Waals surface area contributed by atoms with Crippen molar-refractivity contribution < 1.29 is 23.7 Å². The van der Waals surface area contributed by atoms with Crippen molar-refractivity contribution in [1.29, 1.82) is 0 Å². The Morgan fingerprint density at radius 3 is 2.33 bits per heavy atom. The fourth-order valence-electron chi connectivity index (χ4n) is 11.2. The Balaban J connectivity index is 0.704. The summed E-state index contributed by atoms with van der Waals surface area (Å²) in [5, 5.41) is 9.83. The van der Waals surface area contributed by atoms with Crippen LogP contribution in [0.3, 0.4) is 0 Å². The Bertz CT molecular complexity index is 2860. The van der Waals surface area contributed by atoms with E-state index in [2.05, 4.69) is 97.6 Å². The van der Waals surface area contributed by atoms with E-state index >= 15 is 0 Å². The van der Waals surface area contributed by atoms with Crippen molar-refractivity contribution in [3.8, 4) is 5.75 Å². The Morgan fingerprint density at radius 1 is 0.843 bits per heavy atom. The molecule has 0 bridgehead atoms. The average Bonchev–Trinajstić information content (AvgIpc) is 3.69. The van der Waals surface area contributed by atoms with E-state index in [4.69, 9.17) is 9.72 Å². The Labute approximate surface area is 417 Å². The van der Waals surface area contributed by atoms with Crippen molar-refractivity contribution in [2.45, 2.75) is 70.5 Å². The van der Waals surface area contributed by atoms with Gasteiger partial charge in [0.25, 0.3) is 5.91 Å². The first-order valence-electron chi connectivity index (χ1n) is 24.6. The smallest absolute Gasteiger partial charge is 0.255 e. The fourth-order valence-corrected chi connectivity index (χ4v) is 12.9. The Kier molecular flexibility index (Phi) is 13.8. The summed E-state index contributed by atoms with van der Waals surface area (Å²) in [5.74, 6) is 1.51. The molecule has 3 N–H and O–H groups in total. The number of hydrogen-bond acceptors (Lipinski definition) is 15. The zero-order chi connectivity index (χ0) is 48.7. The van der Waals surface area contributed by atoms with Crippen LogP contribution in [0.4, 0.5) is 34.5 Å². The largest absolute Gasteiger partial charge is 0.494 e. The van der Waals surface area contributed by atoms with Gasteiger partial charge in [-0.15, -0.1) is 0 Å². The average molecular weight is 1030 g/mol. The van der Waals surface area contributed by atoms with Crippen molar-refractivity contribution in [3.05, 3.63) is 82.2 Å². The highest BCUT2D eigenvalue weighted by Gasteiger charge is 2.39. The highest BCUT2D eigenvalue weighted by atomic mass is 79.9. The number of fused-ring (bicyclic) bond motifs is 2. The number of hydrogen-bond donors (Lipinski definition) is 3. The summed E-state index contributed by atoms with van der Waals surface area (Å²) in [7, 11) is -1.08. The lowest BCUT2D eigenvalue weighted by Crippen LogP contribution is -2.54. The molecular formula is C51H62BrN12O5P. The van der Waals surface area contributed by atoms with Crippen molar-refractivity contribution in [3.63, 3.8) is 0 Å². The van der Waals surface area contributed by atoms with Gasteiger partial charge in [0, 0.05) is 120 Å². The maximum Gasteiger partial charge on any atom is 0.255 e. The number of halogens is 1. The molecule has 1 unspecified atom stereocenters. The van der Waals surface area contributed by atoms with Crippen LogP contribution in [0.25, 0.3) is 11.0 Å². The first-order chi connectivity index (χ1) is 33.8. The number of ether oxygens (including phenoxy) is 1. The zero-order valence-electron chi connectivity index (χ0n) is 40.4. The Morgan fingerprint density at radius 2 is 1.60 bits per heavy atom. The number of carbonyl (C=O) groups is 3. The summed E-state index contributed by atoms with van der Waals surface area (Å²) in [6.07, 6.45) is 10.9. The molecule has 2 aromatic heterocycles. The van der Waals surface area contributed by atoms with Crippen LogP contribution in [0, 0.1) is 5.92 Å². The molecule has 0 aliphatic carbocycles. The molecule has 368 valence electrons. The van der Waals surface area contributed by atoms with Gasteiger partial charge in [-0.05, 0) is 121 Å². The second kappa shape index (κ2) is 20.2. The molecule has 0 radical (unpaired) electrons. The summed E-state index contributed by atoms with van der Waals surface area (Å²) in [6.45, 7) is 15.6. The van der Waals surface area contributed by atoms with Gasteiger partial charge >= 0.3 is 0 Å². The predicted octanol–water partition coefficient (Wildman–Crippen LogP) is 6.75. The summed E-state index contributed by atoms with van der Waals surface area (Å²) >= 11 is 3.61. The minimum atomic E-state index is -2.77. The van der Waals surface area contributed by atoms with E-state index in [1.54, 1.807) is 43.9 Å². The number of benzene rings is 3. The number of aryl methyl sites for hydroxylation is 1. The zero-order valence-corrected chi connectivity index (χ0v) is 42.9. The minimum absolute atomic E-state index is 0.125. The van der Waals surface area contributed by atoms with E-state index in [0.717, 1.165) is 108 Å². The van der Waals surface area contributed by atoms with Crippen LogP contribution in [-0.4, -0.2) is 144 Å². The third-order valence-electron chi connectivity index (χ3n) is 14.9. The lowest BCUT2D eigenvalue weighted by molar-refractivity contribution is -0.136. The van der Waals surface area contributed by atoms with E-state index in [-0.39, 0.29) is 24.1 Å². The first kappa shape index (κ1) is 48.0. The number of anilines is 6. The molecule has 3 amide bonds. The van der Waals surface area contributed by atoms with Gasteiger partial charge < -0.3 is 39.5 Å². The molecule has 3 aromatic carbocycles. The number of nitrogens with zero attached hydrogens (tertiary/aromatic N) is 9. The minimum Gasteiger partial charge on any atom is -0.494 e. The molecule has 4 saturated heterocycles. The predicted molar refractivity (Wildman–Crippen MR) is 278 cm³/mol. The van der Waals surface area contributed by atoms with E-state index in [1.165, 1.54) is 11.3 Å². The molecule has 7 heterocycles. The van der Waals surface area contributed by atoms with E-state index in [9.17, 15) is 18.9 Å². The summed E-state index contributed by atoms with van der Waals surface area (Å²) in [4.78, 5) is 67.8. The quantitative estimate of drug-likeness (QED) is 0.0832. The number of nitrogens with one attached hydrogen (secondary N) is 3. The van der Waals surface area contributed by atoms with E-state index in [0.29, 0.717) is 74.5 Å². The molecule has 1 atom stereocenters. The fraction of sp³-hybridized carbons (Fsp3) is 0.471. The molecule has 70 heavy (non-hydrogen) atoms. The van der Waals surface area contributed by atoms with Gasteiger partial charge in [0.2, 0.25) is 17.8 Å². The highest BCUT2D eigenvalue weighted by molar-refractivity contribution is 9.10. The third kappa shape index (κ3) is 9.97. The number of piperidine rings is 3. The maximum atomic E-state index is 13.6. The molecule has 19 heteroatoms. The van der Waals surface area contributed by atoms with E-state index in [1.807, 2.05) is 18.2 Å². The first-order valence-corrected chi connectivity index (χ1v) is 28.0. The molecule has 0 spiro atoms. The maximum absolute atomic E-state index is 13.6. The molecule has 10 rings (SSSR count). The number of piperazine rings is 1. The van der Waals surface area contributed by atoms with Crippen LogP contribution >= 0.6 is 23.1 Å². The Hall–Kier alpha value is -5.68. The molecule has 17 nitrogen and oxygen atoms in total. The van der Waals surface area contributed by atoms with Crippen LogP contribution in [0.2, 0.25) is 0 Å². The topological polar surface area (TPSA) is 181 Å². The SMILES string of the molecule is CCc1cc(Nc2ncc(Br)c(Nc3ccc4nccnc4c3P(C)(C)=O)n2)c(OC)cc1N1CCC(N2CCN(CC3CCN(c4ccc5c(c4)CN(C4CCC(=O)NC4=O)C5=O)CC3)CC2)CC1. The summed E-state index contributed by atoms with van der Waals surface area (Å²) < 4.78 is 20.2. The molecule has 5 aliphatic rings. The van der Waals surface area contributed by atoms with Crippen LogP contribution in [0.15, 0.2) is 65.5 Å². The molecule has 0 saturated carbocycles. The number of rotatable bonds is 13. The van der Waals surface area contributed by atoms with Gasteiger partial charge in [-0.25, -0.2) is 4.98 Å². The number of methoxy groups -OCH3 is 1. The standard InChI is InChI=1S/C51H62BrN12O5P/c1-5-33-27-41(57-51-55-29-38(52)48(59-51)56-40-9-8-39-46(54-17-16-53-39)47(40)70(3,4)68)44(69-2)28-43(33)63-20-14-35(15-21-63)62-24-22-60(23-25-62)30-32-12-18-61(19-13-32)36-6-7-37-34(26-36)31-64(50(37)67)42-10-11-45(65)58-49(42)66/h6-9,16-17,26-29,32,35,42H,5,10-15,18-25,30-31H2,1-4H3,(H,58,65,66)(H2,55,56,57,59). The molecule has 4 fully saturated rings. The number of amides is 3. The summed E-state index contributed by atoms with van der Waals surface area (Å²) in [6, 6.07) is 14.1. The van der Waals surface area contributed by atoms with Crippen molar-refractivity contribution >= 4 is 91.6 Å². The van der Waals surface area contributed by atoms with Gasteiger partial charge in [0.1, 0.15) is 30.3 Å². The molecule has 5 aromatic rings. The number of aromatic nitrogens is 4. The van der Waals surface area contributed by atoms with Crippen LogP contribution in [0.5, 0.6) is 5.75 Å². The van der Waals surface area contributed by atoms with Crippen molar-refractivity contribution in [1.82, 2.24) is 40.0 Å². The third-order valence-corrected chi connectivity index (χ3v) is 17.0. The molecule has 5 aliphatic heterocycles. The van der Waals surface area contributed by atoms with Crippen LogP contribution in [0.1, 0.15) is 66.9 Å². The van der Waals surface area contributed by atoms with Crippen molar-refractivity contribution in [2.24, 2.45) is 5.92 Å². The number of carbonyl (C=O) groups excluding carboxylic acids is 3. The second-order valence-corrected chi connectivity index (χ2v) is 23.6. The lowest BCUT2D eigenvalue weighted by atomic mass is 9.95. The summed E-state index contributed by atoms with van der Waals surface area (Å²) in [5.41, 5.74) is 7.90. The monoisotopic (exact) mass is 1030 g/mol. The van der Waals surface area contributed by atoms with Gasteiger partial charge in [-0.1, -0.05) is 6.92 Å². The van der Waals surface area contributed by atoms with Gasteiger partial charge in [-0.2, -0.15) is 4.98 Å². The van der Waals surface area contributed by atoms with E-state index < -0.39 is 13.2 Å². The van der Waals surface area contributed by atoms with Gasteiger partial charge in [0.05, 0.1) is 33.8 Å². The van der Waals surface area contributed by atoms with Crippen molar-refractivity contribution in [2.75, 3.05) is 99.8 Å². The normalized spacial score (nSPS) is 20.0. The molecular weight excluding hydrogens is 972 g/mol. The van der Waals surface area contributed by atoms with Gasteiger partial charge in [-0.3, -0.25) is 34.6 Å². The van der Waals surface area contributed by atoms with Crippen LogP contribution < -0.4 is 35.8 Å². The second-order valence-electron chi connectivity index (χ2n) is 19.6. The lowest BCUT2D eigenvalue weighted by Gasteiger charge is -2.44. The highest BCUT2D eigenvalue weighted by Crippen LogP contribution is 2.42. The van der Waals surface area contributed by atoms with Gasteiger partial charge in [0.15, 0.2) is 0 Å².